The van der Waals surface area contributed by atoms with Crippen molar-refractivity contribution in [3.05, 3.63) is 93.8 Å². The second-order valence-corrected chi connectivity index (χ2v) is 8.92. The number of aryl methyl sites for hydroxylation is 2. The number of rotatable bonds is 6. The molecule has 6 nitrogen and oxygen atoms in total. The zero-order valence-electron chi connectivity index (χ0n) is 20.2. The predicted octanol–water partition coefficient (Wildman–Crippen LogP) is 4.39. The highest BCUT2D eigenvalue weighted by atomic mass is 16.5. The first kappa shape index (κ1) is 23.5. The van der Waals surface area contributed by atoms with Gasteiger partial charge in [-0.1, -0.05) is 54.1 Å². The Morgan fingerprint density at radius 3 is 2.50 bits per heavy atom. The third kappa shape index (κ3) is 5.28. The lowest BCUT2D eigenvalue weighted by Crippen LogP contribution is -2.42. The Morgan fingerprint density at radius 2 is 1.76 bits per heavy atom. The quantitative estimate of drug-likeness (QED) is 0.407. The molecule has 176 valence electrons. The van der Waals surface area contributed by atoms with Crippen LogP contribution in [0.5, 0.6) is 0 Å². The van der Waals surface area contributed by atoms with Crippen molar-refractivity contribution in [3.63, 3.8) is 0 Å². The molecule has 2 aromatic carbocycles. The number of carbonyl (C=O) groups is 2. The summed E-state index contributed by atoms with van der Waals surface area (Å²) in [5.74, 6) is -0.710. The lowest BCUT2D eigenvalue weighted by atomic mass is 9.99. The maximum absolute atomic E-state index is 12.8. The van der Waals surface area contributed by atoms with Crippen LogP contribution in [0.1, 0.15) is 46.1 Å². The number of ether oxygens (including phenoxy) is 1. The standard InChI is InChI=1S/C28H31N3O3/c1-19-9-11-23(12-10-19)17-31-21(3)26(20(2)29-31)13-14-27(32)34-22(4)28(33)30-16-15-24-7-5-6-8-25(24)18-30/h5-14,22H,15-18H2,1-4H3/b14-13+. The molecule has 0 radical (unpaired) electrons. The molecule has 1 unspecified atom stereocenters. The second-order valence-electron chi connectivity index (χ2n) is 8.92. The van der Waals surface area contributed by atoms with Crippen molar-refractivity contribution in [2.24, 2.45) is 0 Å². The zero-order chi connectivity index (χ0) is 24.2. The minimum Gasteiger partial charge on any atom is -0.449 e. The van der Waals surface area contributed by atoms with Crippen LogP contribution in [0.15, 0.2) is 54.6 Å². The van der Waals surface area contributed by atoms with Crippen LogP contribution in [0, 0.1) is 20.8 Å². The molecule has 0 saturated carbocycles. The van der Waals surface area contributed by atoms with Crippen molar-refractivity contribution >= 4 is 18.0 Å². The third-order valence-corrected chi connectivity index (χ3v) is 6.36. The first-order valence-electron chi connectivity index (χ1n) is 11.7. The smallest absolute Gasteiger partial charge is 0.331 e. The van der Waals surface area contributed by atoms with E-state index in [-0.39, 0.29) is 5.91 Å². The molecule has 1 aliphatic rings. The third-order valence-electron chi connectivity index (χ3n) is 6.36. The van der Waals surface area contributed by atoms with Gasteiger partial charge in [0.15, 0.2) is 6.10 Å². The molecule has 0 saturated heterocycles. The van der Waals surface area contributed by atoms with Gasteiger partial charge in [-0.05, 0) is 56.9 Å². The van der Waals surface area contributed by atoms with Crippen molar-refractivity contribution in [1.29, 1.82) is 0 Å². The number of fused-ring (bicyclic) bond motifs is 1. The van der Waals surface area contributed by atoms with E-state index >= 15 is 0 Å². The van der Waals surface area contributed by atoms with Gasteiger partial charge in [0, 0.05) is 30.4 Å². The van der Waals surface area contributed by atoms with Gasteiger partial charge in [0.2, 0.25) is 0 Å². The summed E-state index contributed by atoms with van der Waals surface area (Å²) in [5, 5.41) is 4.63. The topological polar surface area (TPSA) is 64.4 Å². The Balaban J connectivity index is 1.36. The minimum atomic E-state index is -0.839. The Bertz CT molecular complexity index is 1220. The number of aromatic nitrogens is 2. The summed E-state index contributed by atoms with van der Waals surface area (Å²) in [7, 11) is 0. The van der Waals surface area contributed by atoms with Gasteiger partial charge >= 0.3 is 5.97 Å². The largest absolute Gasteiger partial charge is 0.449 e. The van der Waals surface area contributed by atoms with Crippen LogP contribution in [0.25, 0.3) is 6.08 Å². The number of amides is 1. The van der Waals surface area contributed by atoms with Gasteiger partial charge in [-0.3, -0.25) is 9.48 Å². The molecular weight excluding hydrogens is 426 g/mol. The number of nitrogens with zero attached hydrogens (tertiary/aromatic N) is 3. The molecule has 1 aromatic heterocycles. The lowest BCUT2D eigenvalue weighted by molar-refractivity contribution is -0.155. The molecular formula is C28H31N3O3. The Kier molecular flexibility index (Phi) is 6.96. The maximum atomic E-state index is 12.8. The predicted molar refractivity (Wildman–Crippen MR) is 132 cm³/mol. The minimum absolute atomic E-state index is 0.172. The highest BCUT2D eigenvalue weighted by molar-refractivity contribution is 5.90. The van der Waals surface area contributed by atoms with Crippen LogP contribution in [0.4, 0.5) is 0 Å². The van der Waals surface area contributed by atoms with E-state index in [1.807, 2.05) is 36.7 Å². The fourth-order valence-corrected chi connectivity index (χ4v) is 4.33. The van der Waals surface area contributed by atoms with Crippen molar-refractivity contribution in [1.82, 2.24) is 14.7 Å². The number of carbonyl (C=O) groups excluding carboxylic acids is 2. The van der Waals surface area contributed by atoms with E-state index < -0.39 is 12.1 Å². The Morgan fingerprint density at radius 1 is 1.06 bits per heavy atom. The number of hydrogen-bond acceptors (Lipinski definition) is 4. The van der Waals surface area contributed by atoms with Crippen LogP contribution in [0.2, 0.25) is 0 Å². The summed E-state index contributed by atoms with van der Waals surface area (Å²) in [6, 6.07) is 16.5. The first-order valence-corrected chi connectivity index (χ1v) is 11.7. The van der Waals surface area contributed by atoms with Crippen molar-refractivity contribution < 1.29 is 14.3 Å². The molecule has 2 heterocycles. The SMILES string of the molecule is Cc1ccc(Cn2nc(C)c(/C=C/C(=O)OC(C)C(=O)N3CCc4ccccc4C3)c2C)cc1. The highest BCUT2D eigenvalue weighted by Gasteiger charge is 2.26. The molecule has 0 bridgehead atoms. The average molecular weight is 458 g/mol. The molecule has 1 aliphatic heterocycles. The van der Waals surface area contributed by atoms with Gasteiger partial charge in [0.25, 0.3) is 5.91 Å². The van der Waals surface area contributed by atoms with Crippen molar-refractivity contribution in [3.8, 4) is 0 Å². The van der Waals surface area contributed by atoms with E-state index in [1.54, 1.807) is 17.9 Å². The number of benzene rings is 2. The molecule has 0 aliphatic carbocycles. The van der Waals surface area contributed by atoms with Gasteiger partial charge < -0.3 is 9.64 Å². The molecule has 1 amide bonds. The molecule has 3 aromatic rings. The Hall–Kier alpha value is -3.67. The summed E-state index contributed by atoms with van der Waals surface area (Å²) < 4.78 is 7.36. The normalized spacial score (nSPS) is 14.2. The van der Waals surface area contributed by atoms with Crippen molar-refractivity contribution in [2.75, 3.05) is 6.54 Å². The molecule has 0 fully saturated rings. The molecule has 1 atom stereocenters. The first-order chi connectivity index (χ1) is 16.3. The van der Waals surface area contributed by atoms with Crippen LogP contribution in [0.3, 0.4) is 0 Å². The van der Waals surface area contributed by atoms with Crippen LogP contribution >= 0.6 is 0 Å². The lowest BCUT2D eigenvalue weighted by Gasteiger charge is -2.30. The van der Waals surface area contributed by atoms with Crippen LogP contribution < -0.4 is 0 Å². The van der Waals surface area contributed by atoms with E-state index in [0.29, 0.717) is 19.6 Å². The van der Waals surface area contributed by atoms with E-state index in [9.17, 15) is 9.59 Å². The van der Waals surface area contributed by atoms with E-state index in [4.69, 9.17) is 4.74 Å². The van der Waals surface area contributed by atoms with E-state index in [2.05, 4.69) is 42.4 Å². The van der Waals surface area contributed by atoms with Crippen molar-refractivity contribution in [2.45, 2.75) is 53.3 Å². The van der Waals surface area contributed by atoms with Gasteiger partial charge in [0.05, 0.1) is 12.2 Å². The fraction of sp³-hybridized carbons (Fsp3) is 0.321. The zero-order valence-corrected chi connectivity index (χ0v) is 20.2. The summed E-state index contributed by atoms with van der Waals surface area (Å²) in [4.78, 5) is 27.1. The summed E-state index contributed by atoms with van der Waals surface area (Å²) in [5.41, 5.74) is 7.50. The van der Waals surface area contributed by atoms with Gasteiger partial charge in [-0.25, -0.2) is 4.79 Å². The fourth-order valence-electron chi connectivity index (χ4n) is 4.33. The number of esters is 1. The summed E-state index contributed by atoms with van der Waals surface area (Å²) >= 11 is 0. The average Bonchev–Trinajstić information content (AvgIpc) is 3.10. The second kappa shape index (κ2) is 10.1. The van der Waals surface area contributed by atoms with Gasteiger partial charge in [0.1, 0.15) is 0 Å². The Labute approximate surface area is 200 Å². The summed E-state index contributed by atoms with van der Waals surface area (Å²) in [6.45, 7) is 9.44. The summed E-state index contributed by atoms with van der Waals surface area (Å²) in [6.07, 6.45) is 3.07. The molecule has 6 heteroatoms. The molecule has 0 spiro atoms. The maximum Gasteiger partial charge on any atom is 0.331 e. The van der Waals surface area contributed by atoms with E-state index in [0.717, 1.165) is 28.9 Å². The molecule has 34 heavy (non-hydrogen) atoms. The highest BCUT2D eigenvalue weighted by Crippen LogP contribution is 2.20. The van der Waals surface area contributed by atoms with Crippen LogP contribution in [-0.4, -0.2) is 39.2 Å². The van der Waals surface area contributed by atoms with Crippen LogP contribution in [-0.2, 0) is 33.8 Å². The number of hydrogen-bond donors (Lipinski definition) is 0. The molecule has 0 N–H and O–H groups in total. The molecule has 4 rings (SSSR count). The van der Waals surface area contributed by atoms with Gasteiger partial charge in [-0.15, -0.1) is 0 Å². The van der Waals surface area contributed by atoms with E-state index in [1.165, 1.54) is 22.8 Å². The van der Waals surface area contributed by atoms with Gasteiger partial charge in [-0.2, -0.15) is 5.10 Å². The monoisotopic (exact) mass is 457 g/mol.